The quantitative estimate of drug-likeness (QED) is 0.820. The molecule has 1 heterocycles. The van der Waals surface area contributed by atoms with Gasteiger partial charge in [-0.1, -0.05) is 26.0 Å². The summed E-state index contributed by atoms with van der Waals surface area (Å²) in [6.45, 7) is 4.16. The first-order chi connectivity index (χ1) is 9.96. The molecule has 0 unspecified atom stereocenters. The number of para-hydroxylation sites is 2. The number of rotatable bonds is 6. The van der Waals surface area contributed by atoms with Crippen LogP contribution in [-0.2, 0) is 18.3 Å². The van der Waals surface area contributed by atoms with Crippen molar-refractivity contribution in [1.29, 1.82) is 0 Å². The number of imidazole rings is 1. The van der Waals surface area contributed by atoms with Gasteiger partial charge in [0.05, 0.1) is 23.0 Å². The van der Waals surface area contributed by atoms with Gasteiger partial charge in [0.2, 0.25) is 0 Å². The van der Waals surface area contributed by atoms with E-state index in [9.17, 15) is 4.79 Å². The Kier molecular flexibility index (Phi) is 4.47. The summed E-state index contributed by atoms with van der Waals surface area (Å²) in [5.74, 6) is 1.09. The van der Waals surface area contributed by atoms with E-state index in [0.29, 0.717) is 6.42 Å². The van der Waals surface area contributed by atoms with E-state index in [4.69, 9.17) is 0 Å². The lowest BCUT2D eigenvalue weighted by Crippen LogP contribution is -2.51. The molecule has 0 saturated heterocycles. The first-order valence-electron chi connectivity index (χ1n) is 7.57. The van der Waals surface area contributed by atoms with Crippen LogP contribution in [0.15, 0.2) is 24.3 Å². The van der Waals surface area contributed by atoms with E-state index in [1.165, 1.54) is 0 Å². The van der Waals surface area contributed by atoms with Crippen LogP contribution in [0.2, 0.25) is 0 Å². The van der Waals surface area contributed by atoms with Gasteiger partial charge in [-0.05, 0) is 39.1 Å². The van der Waals surface area contributed by atoms with Crippen molar-refractivity contribution >= 4 is 16.8 Å². The molecule has 0 amide bonds. The topological polar surface area (TPSA) is 38.1 Å². The lowest BCUT2D eigenvalue weighted by molar-refractivity contribution is -0.129. The highest BCUT2D eigenvalue weighted by Crippen LogP contribution is 2.25. The highest BCUT2D eigenvalue weighted by atomic mass is 16.1. The van der Waals surface area contributed by atoms with E-state index >= 15 is 0 Å². The SMILES string of the molecule is CCC(CC)(C(=O)Cc1nc2ccccc2n1C)N(C)C. The van der Waals surface area contributed by atoms with Gasteiger partial charge in [0.25, 0.3) is 0 Å². The summed E-state index contributed by atoms with van der Waals surface area (Å²) in [4.78, 5) is 19.5. The molecule has 0 N–H and O–H groups in total. The van der Waals surface area contributed by atoms with Gasteiger partial charge < -0.3 is 4.57 Å². The van der Waals surface area contributed by atoms with Crippen LogP contribution < -0.4 is 0 Å². The predicted octanol–water partition coefficient (Wildman–Crippen LogP) is 2.81. The lowest BCUT2D eigenvalue weighted by Gasteiger charge is -2.37. The summed E-state index contributed by atoms with van der Waals surface area (Å²) in [6.07, 6.45) is 2.02. The zero-order chi connectivity index (χ0) is 15.6. The Labute approximate surface area is 126 Å². The van der Waals surface area contributed by atoms with Crippen LogP contribution in [0.4, 0.5) is 0 Å². The minimum absolute atomic E-state index is 0.246. The Bertz CT molecular complexity index is 639. The van der Waals surface area contributed by atoms with Crippen molar-refractivity contribution < 1.29 is 4.79 Å². The largest absolute Gasteiger partial charge is 0.331 e. The van der Waals surface area contributed by atoms with Crippen molar-refractivity contribution in [3.63, 3.8) is 0 Å². The number of likely N-dealkylation sites (N-methyl/N-ethyl adjacent to an activating group) is 1. The highest BCUT2D eigenvalue weighted by molar-refractivity contribution is 5.90. The molecule has 114 valence electrons. The molecule has 0 atom stereocenters. The van der Waals surface area contributed by atoms with E-state index in [1.54, 1.807) is 0 Å². The number of ketones is 1. The minimum Gasteiger partial charge on any atom is -0.331 e. The zero-order valence-corrected chi connectivity index (χ0v) is 13.7. The first kappa shape index (κ1) is 15.7. The maximum absolute atomic E-state index is 12.9. The Morgan fingerprint density at radius 3 is 2.38 bits per heavy atom. The van der Waals surface area contributed by atoms with Crippen LogP contribution in [0.1, 0.15) is 32.5 Å². The molecule has 0 aliphatic carbocycles. The van der Waals surface area contributed by atoms with Crippen LogP contribution in [0.5, 0.6) is 0 Å². The maximum atomic E-state index is 12.9. The second-order valence-corrected chi connectivity index (χ2v) is 5.81. The van der Waals surface area contributed by atoms with Crippen molar-refractivity contribution in [2.24, 2.45) is 7.05 Å². The average molecular weight is 287 g/mol. The highest BCUT2D eigenvalue weighted by Gasteiger charge is 2.37. The number of hydrogen-bond donors (Lipinski definition) is 0. The molecular weight excluding hydrogens is 262 g/mol. The predicted molar refractivity (Wildman–Crippen MR) is 86.4 cm³/mol. The molecule has 0 aliphatic heterocycles. The smallest absolute Gasteiger partial charge is 0.160 e. The summed E-state index contributed by atoms with van der Waals surface area (Å²) in [7, 11) is 5.95. The summed E-state index contributed by atoms with van der Waals surface area (Å²) in [5.41, 5.74) is 1.63. The molecule has 0 spiro atoms. The number of hydrogen-bond acceptors (Lipinski definition) is 3. The van der Waals surface area contributed by atoms with E-state index < -0.39 is 5.54 Å². The molecule has 1 aromatic heterocycles. The van der Waals surface area contributed by atoms with Gasteiger partial charge in [0.1, 0.15) is 5.82 Å². The Morgan fingerprint density at radius 2 is 1.86 bits per heavy atom. The molecule has 0 aliphatic rings. The standard InChI is InChI=1S/C17H25N3O/c1-6-17(7-2,19(3)4)15(21)12-16-18-13-10-8-9-11-14(13)20(16)5/h8-11H,6-7,12H2,1-5H3. The average Bonchev–Trinajstić information content (AvgIpc) is 2.77. The van der Waals surface area contributed by atoms with Crippen molar-refractivity contribution in [3.05, 3.63) is 30.1 Å². The molecule has 0 saturated carbocycles. The van der Waals surface area contributed by atoms with Crippen LogP contribution in [0.3, 0.4) is 0 Å². The van der Waals surface area contributed by atoms with Crippen molar-refractivity contribution in [2.75, 3.05) is 14.1 Å². The van der Waals surface area contributed by atoms with Gasteiger partial charge in [-0.25, -0.2) is 4.98 Å². The third-order valence-electron chi connectivity index (χ3n) is 4.74. The van der Waals surface area contributed by atoms with Gasteiger partial charge in [0, 0.05) is 7.05 Å². The minimum atomic E-state index is -0.391. The maximum Gasteiger partial charge on any atom is 0.160 e. The molecule has 4 nitrogen and oxygen atoms in total. The summed E-state index contributed by atoms with van der Waals surface area (Å²) in [6, 6.07) is 8.00. The number of carbonyl (C=O) groups is 1. The Hall–Kier alpha value is -1.68. The summed E-state index contributed by atoms with van der Waals surface area (Å²) < 4.78 is 2.03. The molecule has 0 radical (unpaired) electrons. The summed E-state index contributed by atoms with van der Waals surface area (Å²) >= 11 is 0. The number of aryl methyl sites for hydroxylation is 1. The van der Waals surface area contributed by atoms with E-state index in [0.717, 1.165) is 29.7 Å². The number of benzene rings is 1. The molecule has 1 aromatic carbocycles. The van der Waals surface area contributed by atoms with Crippen LogP contribution in [0, 0.1) is 0 Å². The fourth-order valence-corrected chi connectivity index (χ4v) is 3.19. The Morgan fingerprint density at radius 1 is 1.24 bits per heavy atom. The molecule has 21 heavy (non-hydrogen) atoms. The summed E-state index contributed by atoms with van der Waals surface area (Å²) in [5, 5.41) is 0. The van der Waals surface area contributed by atoms with Crippen LogP contribution in [-0.4, -0.2) is 39.9 Å². The van der Waals surface area contributed by atoms with E-state index in [-0.39, 0.29) is 5.78 Å². The van der Waals surface area contributed by atoms with Crippen LogP contribution >= 0.6 is 0 Å². The van der Waals surface area contributed by atoms with Gasteiger partial charge >= 0.3 is 0 Å². The second-order valence-electron chi connectivity index (χ2n) is 5.81. The number of fused-ring (bicyclic) bond motifs is 1. The van der Waals surface area contributed by atoms with Crippen molar-refractivity contribution in [2.45, 2.75) is 38.6 Å². The van der Waals surface area contributed by atoms with Crippen molar-refractivity contribution in [1.82, 2.24) is 14.5 Å². The van der Waals surface area contributed by atoms with Gasteiger partial charge in [-0.2, -0.15) is 0 Å². The molecule has 4 heteroatoms. The monoisotopic (exact) mass is 287 g/mol. The zero-order valence-electron chi connectivity index (χ0n) is 13.7. The van der Waals surface area contributed by atoms with Gasteiger partial charge in [0.15, 0.2) is 5.78 Å². The van der Waals surface area contributed by atoms with Crippen molar-refractivity contribution in [3.8, 4) is 0 Å². The fraction of sp³-hybridized carbons (Fsp3) is 0.529. The second kappa shape index (κ2) is 5.98. The first-order valence-corrected chi connectivity index (χ1v) is 7.57. The molecule has 0 bridgehead atoms. The van der Waals surface area contributed by atoms with Gasteiger partial charge in [-0.3, -0.25) is 9.69 Å². The van der Waals surface area contributed by atoms with Crippen LogP contribution in [0.25, 0.3) is 11.0 Å². The number of aromatic nitrogens is 2. The lowest BCUT2D eigenvalue weighted by atomic mass is 9.85. The third-order valence-corrected chi connectivity index (χ3v) is 4.74. The van der Waals surface area contributed by atoms with E-state index in [1.807, 2.05) is 50.0 Å². The van der Waals surface area contributed by atoms with Gasteiger partial charge in [-0.15, -0.1) is 0 Å². The molecule has 0 fully saturated rings. The fourth-order valence-electron chi connectivity index (χ4n) is 3.19. The molecular formula is C17H25N3O. The normalized spacial score (nSPS) is 12.3. The molecule has 2 aromatic rings. The Balaban J connectivity index is 2.35. The number of Topliss-reactive ketones (excluding diaryl/α,β-unsaturated/α-hetero) is 1. The number of carbonyl (C=O) groups excluding carboxylic acids is 1. The third kappa shape index (κ3) is 2.60. The number of nitrogens with zero attached hydrogens (tertiary/aromatic N) is 3. The van der Waals surface area contributed by atoms with E-state index in [2.05, 4.69) is 23.7 Å². The molecule has 2 rings (SSSR count).